The van der Waals surface area contributed by atoms with Crippen molar-refractivity contribution in [3.63, 3.8) is 0 Å². The molecule has 1 amide bonds. The Kier molecular flexibility index (Phi) is 4.41. The Labute approximate surface area is 89.5 Å². The summed E-state index contributed by atoms with van der Waals surface area (Å²) in [5.74, 6) is -0.101. The van der Waals surface area contributed by atoms with Crippen molar-refractivity contribution in [2.45, 2.75) is 6.42 Å². The standard InChI is InChI=1S/C8H11BrN2OS/c9-7-2-1-6(13-7)3-4-11-8(12)5-10/h1-2H,3-5,10H2,(H,11,12). The van der Waals surface area contributed by atoms with Crippen LogP contribution in [-0.4, -0.2) is 19.0 Å². The molecule has 0 saturated carbocycles. The lowest BCUT2D eigenvalue weighted by Gasteiger charge is -2.00. The van der Waals surface area contributed by atoms with E-state index in [1.165, 1.54) is 4.88 Å². The summed E-state index contributed by atoms with van der Waals surface area (Å²) in [5, 5.41) is 2.72. The van der Waals surface area contributed by atoms with Gasteiger partial charge in [-0.05, 0) is 34.5 Å². The highest BCUT2D eigenvalue weighted by atomic mass is 79.9. The predicted molar refractivity (Wildman–Crippen MR) is 57.8 cm³/mol. The van der Waals surface area contributed by atoms with Crippen LogP contribution in [0.2, 0.25) is 0 Å². The summed E-state index contributed by atoms with van der Waals surface area (Å²) in [4.78, 5) is 12.0. The van der Waals surface area contributed by atoms with Crippen molar-refractivity contribution in [2.75, 3.05) is 13.1 Å². The first kappa shape index (κ1) is 10.7. The largest absolute Gasteiger partial charge is 0.355 e. The lowest BCUT2D eigenvalue weighted by molar-refractivity contribution is -0.119. The Morgan fingerprint density at radius 2 is 2.38 bits per heavy atom. The van der Waals surface area contributed by atoms with E-state index in [2.05, 4.69) is 21.2 Å². The molecule has 0 radical (unpaired) electrons. The normalized spacial score (nSPS) is 10.0. The van der Waals surface area contributed by atoms with Crippen LogP contribution in [-0.2, 0) is 11.2 Å². The van der Waals surface area contributed by atoms with Crippen LogP contribution in [0.4, 0.5) is 0 Å². The van der Waals surface area contributed by atoms with Gasteiger partial charge in [-0.15, -0.1) is 11.3 Å². The third-order valence-corrected chi connectivity index (χ3v) is 3.19. The molecule has 0 aliphatic rings. The third-order valence-electron chi connectivity index (χ3n) is 1.51. The van der Waals surface area contributed by atoms with Gasteiger partial charge < -0.3 is 11.1 Å². The third kappa shape index (κ3) is 3.89. The molecule has 0 aliphatic carbocycles. The number of nitrogens with two attached hydrogens (primary N) is 1. The lowest BCUT2D eigenvalue weighted by Crippen LogP contribution is -2.31. The van der Waals surface area contributed by atoms with E-state index < -0.39 is 0 Å². The van der Waals surface area contributed by atoms with Gasteiger partial charge in [0, 0.05) is 11.4 Å². The first-order chi connectivity index (χ1) is 6.22. The molecule has 1 aromatic rings. The fourth-order valence-electron chi connectivity index (χ4n) is 0.883. The fraction of sp³-hybridized carbons (Fsp3) is 0.375. The minimum absolute atomic E-state index is 0.0636. The summed E-state index contributed by atoms with van der Waals surface area (Å²) in [6.45, 7) is 0.719. The lowest BCUT2D eigenvalue weighted by atomic mass is 10.3. The molecule has 1 heterocycles. The first-order valence-electron chi connectivity index (χ1n) is 3.93. The van der Waals surface area contributed by atoms with Gasteiger partial charge in [0.2, 0.25) is 5.91 Å². The minimum Gasteiger partial charge on any atom is -0.355 e. The maximum absolute atomic E-state index is 10.8. The van der Waals surface area contributed by atoms with Crippen LogP contribution >= 0.6 is 27.3 Å². The van der Waals surface area contributed by atoms with Gasteiger partial charge in [0.25, 0.3) is 0 Å². The molecule has 13 heavy (non-hydrogen) atoms. The molecule has 3 nitrogen and oxygen atoms in total. The molecule has 0 bridgehead atoms. The highest BCUT2D eigenvalue weighted by molar-refractivity contribution is 9.11. The SMILES string of the molecule is NCC(=O)NCCc1ccc(Br)s1. The van der Waals surface area contributed by atoms with Gasteiger partial charge in [-0.1, -0.05) is 0 Å². The number of thiophene rings is 1. The maximum Gasteiger partial charge on any atom is 0.233 e. The van der Waals surface area contributed by atoms with E-state index in [0.29, 0.717) is 6.54 Å². The zero-order valence-corrected chi connectivity index (χ0v) is 9.45. The van der Waals surface area contributed by atoms with E-state index in [1.807, 2.05) is 12.1 Å². The Morgan fingerprint density at radius 3 is 2.92 bits per heavy atom. The van der Waals surface area contributed by atoms with Gasteiger partial charge in [0.05, 0.1) is 10.3 Å². The molecule has 3 N–H and O–H groups in total. The number of rotatable bonds is 4. The summed E-state index contributed by atoms with van der Waals surface area (Å²) >= 11 is 5.06. The molecule has 0 unspecified atom stereocenters. The van der Waals surface area contributed by atoms with Gasteiger partial charge in [0.15, 0.2) is 0 Å². The van der Waals surface area contributed by atoms with Gasteiger partial charge in [0.1, 0.15) is 0 Å². The molecule has 0 fully saturated rings. The van der Waals surface area contributed by atoms with Crippen molar-refractivity contribution in [2.24, 2.45) is 5.73 Å². The summed E-state index contributed by atoms with van der Waals surface area (Å²) in [7, 11) is 0. The smallest absolute Gasteiger partial charge is 0.233 e. The number of halogens is 1. The van der Waals surface area contributed by atoms with Crippen molar-refractivity contribution in [1.82, 2.24) is 5.32 Å². The number of nitrogens with one attached hydrogen (secondary N) is 1. The van der Waals surface area contributed by atoms with E-state index >= 15 is 0 Å². The maximum atomic E-state index is 10.8. The van der Waals surface area contributed by atoms with Gasteiger partial charge in [-0.2, -0.15) is 0 Å². The average molecular weight is 263 g/mol. The number of hydrogen-bond acceptors (Lipinski definition) is 3. The van der Waals surface area contributed by atoms with Crippen molar-refractivity contribution in [1.29, 1.82) is 0 Å². The van der Waals surface area contributed by atoms with Crippen molar-refractivity contribution < 1.29 is 4.79 Å². The summed E-state index contributed by atoms with van der Waals surface area (Å²) in [5.41, 5.74) is 5.14. The highest BCUT2D eigenvalue weighted by Crippen LogP contribution is 2.21. The Bertz CT molecular complexity index is 287. The molecule has 0 aliphatic heterocycles. The fourth-order valence-corrected chi connectivity index (χ4v) is 2.37. The van der Waals surface area contributed by atoms with E-state index in [1.54, 1.807) is 11.3 Å². The van der Waals surface area contributed by atoms with Crippen molar-refractivity contribution in [3.8, 4) is 0 Å². The minimum atomic E-state index is -0.101. The zero-order valence-electron chi connectivity index (χ0n) is 7.05. The second-order valence-corrected chi connectivity index (χ2v) is 5.06. The van der Waals surface area contributed by atoms with Crippen LogP contribution < -0.4 is 11.1 Å². The molecule has 1 rings (SSSR count). The Morgan fingerprint density at radius 1 is 1.62 bits per heavy atom. The van der Waals surface area contributed by atoms with Crippen molar-refractivity contribution >= 4 is 33.2 Å². The molecule has 0 aromatic carbocycles. The molecule has 72 valence electrons. The number of hydrogen-bond donors (Lipinski definition) is 2. The molecular weight excluding hydrogens is 252 g/mol. The van der Waals surface area contributed by atoms with Crippen LogP contribution in [0.3, 0.4) is 0 Å². The summed E-state index contributed by atoms with van der Waals surface area (Å²) in [6, 6.07) is 4.05. The van der Waals surface area contributed by atoms with Gasteiger partial charge >= 0.3 is 0 Å². The van der Waals surface area contributed by atoms with Crippen LogP contribution in [0.1, 0.15) is 4.88 Å². The van der Waals surface area contributed by atoms with Crippen LogP contribution in [0.5, 0.6) is 0 Å². The van der Waals surface area contributed by atoms with Crippen LogP contribution in [0.15, 0.2) is 15.9 Å². The average Bonchev–Trinajstić information content (AvgIpc) is 2.51. The molecule has 1 aromatic heterocycles. The van der Waals surface area contributed by atoms with Crippen LogP contribution in [0.25, 0.3) is 0 Å². The zero-order chi connectivity index (χ0) is 9.68. The molecule has 0 atom stereocenters. The Balaban J connectivity index is 2.24. The number of amides is 1. The second-order valence-electron chi connectivity index (χ2n) is 2.51. The topological polar surface area (TPSA) is 55.1 Å². The predicted octanol–water partition coefficient (Wildman–Crippen LogP) is 1.13. The van der Waals surface area contributed by atoms with E-state index in [9.17, 15) is 4.79 Å². The molecular formula is C8H11BrN2OS. The van der Waals surface area contributed by atoms with E-state index in [0.717, 1.165) is 10.2 Å². The van der Waals surface area contributed by atoms with Gasteiger partial charge in [-0.25, -0.2) is 0 Å². The Hall–Kier alpha value is -0.390. The first-order valence-corrected chi connectivity index (χ1v) is 5.54. The molecule has 5 heteroatoms. The summed E-state index contributed by atoms with van der Waals surface area (Å²) < 4.78 is 1.12. The number of carbonyl (C=O) groups excluding carboxylic acids is 1. The second kappa shape index (κ2) is 5.36. The molecule has 0 saturated heterocycles. The monoisotopic (exact) mass is 262 g/mol. The van der Waals surface area contributed by atoms with Gasteiger partial charge in [-0.3, -0.25) is 4.79 Å². The highest BCUT2D eigenvalue weighted by Gasteiger charge is 1.99. The quantitative estimate of drug-likeness (QED) is 0.855. The van der Waals surface area contributed by atoms with E-state index in [-0.39, 0.29) is 12.5 Å². The van der Waals surface area contributed by atoms with E-state index in [4.69, 9.17) is 5.73 Å². The van der Waals surface area contributed by atoms with Crippen molar-refractivity contribution in [3.05, 3.63) is 20.8 Å². The summed E-state index contributed by atoms with van der Waals surface area (Å²) in [6.07, 6.45) is 0.863. The number of carbonyl (C=O) groups is 1. The molecule has 0 spiro atoms. The van der Waals surface area contributed by atoms with Crippen LogP contribution in [0, 0.1) is 0 Å².